The maximum atomic E-state index is 12.1. The van der Waals surface area contributed by atoms with Crippen molar-refractivity contribution in [3.8, 4) is 0 Å². The SMILES string of the molecule is CC1CCNC(C(=O)Nc2nc(C(C)C)cs2)C1. The van der Waals surface area contributed by atoms with Crippen LogP contribution in [-0.2, 0) is 4.79 Å². The maximum absolute atomic E-state index is 12.1. The summed E-state index contributed by atoms with van der Waals surface area (Å²) in [5, 5.41) is 8.90. The van der Waals surface area contributed by atoms with Gasteiger partial charge in [-0.1, -0.05) is 20.8 Å². The lowest BCUT2D eigenvalue weighted by molar-refractivity contribution is -0.119. The van der Waals surface area contributed by atoms with Crippen LogP contribution in [0.15, 0.2) is 5.38 Å². The molecular weight excluding hydrogens is 246 g/mol. The highest BCUT2D eigenvalue weighted by molar-refractivity contribution is 7.13. The molecule has 2 rings (SSSR count). The number of amides is 1. The first-order valence-corrected chi connectivity index (χ1v) is 7.44. The van der Waals surface area contributed by atoms with Crippen LogP contribution in [0.4, 0.5) is 5.13 Å². The van der Waals surface area contributed by atoms with Crippen LogP contribution in [0.25, 0.3) is 0 Å². The van der Waals surface area contributed by atoms with Crippen LogP contribution in [0.3, 0.4) is 0 Å². The fourth-order valence-corrected chi connectivity index (χ4v) is 2.98. The van der Waals surface area contributed by atoms with Crippen molar-refractivity contribution in [3.05, 3.63) is 11.1 Å². The van der Waals surface area contributed by atoms with Crippen LogP contribution in [-0.4, -0.2) is 23.5 Å². The van der Waals surface area contributed by atoms with Crippen molar-refractivity contribution in [1.82, 2.24) is 10.3 Å². The van der Waals surface area contributed by atoms with Gasteiger partial charge in [0.05, 0.1) is 11.7 Å². The number of rotatable bonds is 3. The zero-order valence-electron chi connectivity index (χ0n) is 11.2. The van der Waals surface area contributed by atoms with Gasteiger partial charge in [-0.05, 0) is 31.2 Å². The van der Waals surface area contributed by atoms with Gasteiger partial charge in [-0.15, -0.1) is 11.3 Å². The number of aromatic nitrogens is 1. The molecule has 100 valence electrons. The third kappa shape index (κ3) is 3.29. The summed E-state index contributed by atoms with van der Waals surface area (Å²) in [7, 11) is 0. The van der Waals surface area contributed by atoms with E-state index >= 15 is 0 Å². The summed E-state index contributed by atoms with van der Waals surface area (Å²) in [6, 6.07) is -0.0693. The molecule has 0 aliphatic carbocycles. The van der Waals surface area contributed by atoms with E-state index in [-0.39, 0.29) is 11.9 Å². The van der Waals surface area contributed by atoms with Crippen LogP contribution in [0.2, 0.25) is 0 Å². The summed E-state index contributed by atoms with van der Waals surface area (Å²) in [5.41, 5.74) is 1.04. The van der Waals surface area contributed by atoms with Crippen LogP contribution in [0.5, 0.6) is 0 Å². The van der Waals surface area contributed by atoms with Crippen molar-refractivity contribution in [2.24, 2.45) is 5.92 Å². The highest BCUT2D eigenvalue weighted by atomic mass is 32.1. The molecule has 18 heavy (non-hydrogen) atoms. The Balaban J connectivity index is 1.93. The smallest absolute Gasteiger partial charge is 0.243 e. The number of hydrogen-bond acceptors (Lipinski definition) is 4. The van der Waals surface area contributed by atoms with Gasteiger partial charge in [0.25, 0.3) is 0 Å². The van der Waals surface area contributed by atoms with Crippen molar-refractivity contribution in [2.75, 3.05) is 11.9 Å². The Kier molecular flexibility index (Phi) is 4.35. The van der Waals surface area contributed by atoms with Gasteiger partial charge in [-0.2, -0.15) is 0 Å². The number of carbonyl (C=O) groups is 1. The number of anilines is 1. The van der Waals surface area contributed by atoms with Gasteiger partial charge in [-0.3, -0.25) is 4.79 Å². The van der Waals surface area contributed by atoms with Gasteiger partial charge in [0.2, 0.25) is 5.91 Å². The van der Waals surface area contributed by atoms with E-state index in [1.165, 1.54) is 11.3 Å². The molecule has 0 bridgehead atoms. The topological polar surface area (TPSA) is 54.0 Å². The summed E-state index contributed by atoms with van der Waals surface area (Å²) >= 11 is 1.50. The Labute approximate surface area is 112 Å². The first kappa shape index (κ1) is 13.5. The van der Waals surface area contributed by atoms with Crippen molar-refractivity contribution >= 4 is 22.4 Å². The second-order valence-electron chi connectivity index (χ2n) is 5.36. The molecule has 2 N–H and O–H groups in total. The Hall–Kier alpha value is -0.940. The quantitative estimate of drug-likeness (QED) is 0.885. The average molecular weight is 267 g/mol. The Morgan fingerprint density at radius 3 is 3.00 bits per heavy atom. The fourth-order valence-electron chi connectivity index (χ4n) is 2.11. The minimum atomic E-state index is -0.0693. The van der Waals surface area contributed by atoms with E-state index < -0.39 is 0 Å². The first-order valence-electron chi connectivity index (χ1n) is 6.56. The molecule has 1 aromatic rings. The molecule has 5 heteroatoms. The van der Waals surface area contributed by atoms with Gasteiger partial charge in [0, 0.05) is 5.38 Å². The van der Waals surface area contributed by atoms with Crippen LogP contribution in [0.1, 0.15) is 45.2 Å². The van der Waals surface area contributed by atoms with E-state index in [0.717, 1.165) is 25.1 Å². The first-order chi connectivity index (χ1) is 8.56. The fraction of sp³-hybridized carbons (Fsp3) is 0.692. The number of hydrogen-bond donors (Lipinski definition) is 2. The predicted octanol–water partition coefficient (Wildman–Crippen LogP) is 2.59. The molecule has 0 spiro atoms. The molecule has 0 saturated carbocycles. The van der Waals surface area contributed by atoms with E-state index in [0.29, 0.717) is 17.0 Å². The Morgan fingerprint density at radius 2 is 2.39 bits per heavy atom. The lowest BCUT2D eigenvalue weighted by Gasteiger charge is -2.26. The van der Waals surface area contributed by atoms with Crippen molar-refractivity contribution in [2.45, 2.75) is 45.6 Å². The Morgan fingerprint density at radius 1 is 1.61 bits per heavy atom. The average Bonchev–Trinajstić information content (AvgIpc) is 2.77. The van der Waals surface area contributed by atoms with E-state index in [4.69, 9.17) is 0 Å². The molecule has 1 fully saturated rings. The molecule has 1 amide bonds. The highest BCUT2D eigenvalue weighted by Gasteiger charge is 2.25. The highest BCUT2D eigenvalue weighted by Crippen LogP contribution is 2.22. The molecule has 1 aliphatic rings. The van der Waals surface area contributed by atoms with Crippen LogP contribution < -0.4 is 10.6 Å². The number of thiazole rings is 1. The third-order valence-electron chi connectivity index (χ3n) is 3.33. The van der Waals surface area contributed by atoms with Crippen molar-refractivity contribution in [3.63, 3.8) is 0 Å². The van der Waals surface area contributed by atoms with Crippen molar-refractivity contribution in [1.29, 1.82) is 0 Å². The molecule has 2 atom stereocenters. The summed E-state index contributed by atoms with van der Waals surface area (Å²) in [5.74, 6) is 1.07. The monoisotopic (exact) mass is 267 g/mol. The lowest BCUT2D eigenvalue weighted by atomic mass is 9.94. The van der Waals surface area contributed by atoms with Gasteiger partial charge in [0.15, 0.2) is 5.13 Å². The van der Waals surface area contributed by atoms with Gasteiger partial charge in [-0.25, -0.2) is 4.98 Å². The van der Waals surface area contributed by atoms with Gasteiger partial charge in [0.1, 0.15) is 0 Å². The summed E-state index contributed by atoms with van der Waals surface area (Å²) in [6.07, 6.45) is 2.06. The lowest BCUT2D eigenvalue weighted by Crippen LogP contribution is -2.45. The largest absolute Gasteiger partial charge is 0.306 e. The maximum Gasteiger partial charge on any atom is 0.243 e. The van der Waals surface area contributed by atoms with E-state index in [1.54, 1.807) is 0 Å². The normalized spacial score (nSPS) is 24.2. The standard InChI is InChI=1S/C13H21N3OS/c1-8(2)11-7-18-13(15-11)16-12(17)10-6-9(3)4-5-14-10/h7-10,14H,4-6H2,1-3H3,(H,15,16,17). The minimum absolute atomic E-state index is 0.0474. The molecular formula is C13H21N3OS. The van der Waals surface area contributed by atoms with Crippen LogP contribution >= 0.6 is 11.3 Å². The summed E-state index contributed by atoms with van der Waals surface area (Å²) in [4.78, 5) is 16.5. The molecule has 4 nitrogen and oxygen atoms in total. The van der Waals surface area contributed by atoms with Crippen molar-refractivity contribution < 1.29 is 4.79 Å². The number of carbonyl (C=O) groups excluding carboxylic acids is 1. The number of nitrogens with zero attached hydrogens (tertiary/aromatic N) is 1. The molecule has 1 saturated heterocycles. The Bertz CT molecular complexity index is 416. The summed E-state index contributed by atoms with van der Waals surface area (Å²) < 4.78 is 0. The zero-order valence-corrected chi connectivity index (χ0v) is 12.0. The van der Waals surface area contributed by atoms with Gasteiger partial charge >= 0.3 is 0 Å². The molecule has 0 aromatic carbocycles. The number of piperidine rings is 1. The molecule has 2 heterocycles. The van der Waals surface area contributed by atoms with E-state index in [2.05, 4.69) is 36.4 Å². The minimum Gasteiger partial charge on any atom is -0.306 e. The molecule has 2 unspecified atom stereocenters. The van der Waals surface area contributed by atoms with Crippen LogP contribution in [0, 0.1) is 5.92 Å². The molecule has 1 aliphatic heterocycles. The van der Waals surface area contributed by atoms with E-state index in [1.807, 2.05) is 5.38 Å². The zero-order chi connectivity index (χ0) is 13.1. The second kappa shape index (κ2) is 5.80. The number of nitrogens with one attached hydrogen (secondary N) is 2. The molecule has 1 aromatic heterocycles. The summed E-state index contributed by atoms with van der Waals surface area (Å²) in [6.45, 7) is 7.33. The predicted molar refractivity (Wildman–Crippen MR) is 75.0 cm³/mol. The van der Waals surface area contributed by atoms with E-state index in [9.17, 15) is 4.79 Å². The molecule has 0 radical (unpaired) electrons. The van der Waals surface area contributed by atoms with Gasteiger partial charge < -0.3 is 10.6 Å². The second-order valence-corrected chi connectivity index (χ2v) is 6.22. The third-order valence-corrected chi connectivity index (χ3v) is 4.10.